The van der Waals surface area contributed by atoms with Crippen LogP contribution in [0.2, 0.25) is 0 Å². The van der Waals surface area contributed by atoms with Crippen molar-refractivity contribution in [3.63, 3.8) is 0 Å². The van der Waals surface area contributed by atoms with Crippen molar-refractivity contribution in [2.75, 3.05) is 6.54 Å². The molecule has 0 saturated carbocycles. The molecule has 1 aliphatic rings. The Morgan fingerprint density at radius 3 is 2.48 bits per heavy atom. The van der Waals surface area contributed by atoms with E-state index < -0.39 is 6.03 Å². The lowest BCUT2D eigenvalue weighted by atomic mass is 10.0. The van der Waals surface area contributed by atoms with Gasteiger partial charge in [0.1, 0.15) is 0 Å². The van der Waals surface area contributed by atoms with E-state index in [-0.39, 0.29) is 30.9 Å². The number of hydrogen-bond acceptors (Lipinski definition) is 3. The molecule has 0 bridgehead atoms. The Labute approximate surface area is 158 Å². The fraction of sp³-hybridized carbons (Fsp3) is 0.286. The van der Waals surface area contributed by atoms with Crippen molar-refractivity contribution in [1.82, 2.24) is 15.5 Å². The van der Waals surface area contributed by atoms with Crippen molar-refractivity contribution in [3.05, 3.63) is 70.8 Å². The second-order valence-corrected chi connectivity index (χ2v) is 6.59. The highest BCUT2D eigenvalue weighted by Crippen LogP contribution is 2.18. The highest BCUT2D eigenvalue weighted by atomic mass is 16.2. The monoisotopic (exact) mass is 365 g/mol. The Hall–Kier alpha value is -3.15. The third-order valence-electron chi connectivity index (χ3n) is 4.76. The third-order valence-corrected chi connectivity index (χ3v) is 4.76. The van der Waals surface area contributed by atoms with Crippen LogP contribution in [0.1, 0.15) is 46.9 Å². The number of aryl methyl sites for hydroxylation is 1. The zero-order valence-corrected chi connectivity index (χ0v) is 15.5. The maximum atomic E-state index is 12.8. The Kier molecular flexibility index (Phi) is 5.54. The summed E-state index contributed by atoms with van der Waals surface area (Å²) in [5, 5.41) is 5.48. The van der Waals surface area contributed by atoms with Gasteiger partial charge in [-0.1, -0.05) is 49.4 Å². The van der Waals surface area contributed by atoms with Crippen LogP contribution in [-0.4, -0.2) is 29.3 Å². The number of urea groups is 1. The molecule has 140 valence electrons. The zero-order chi connectivity index (χ0) is 19.4. The van der Waals surface area contributed by atoms with E-state index in [4.69, 9.17) is 0 Å². The average molecular weight is 365 g/mol. The van der Waals surface area contributed by atoms with Crippen molar-refractivity contribution in [3.8, 4) is 0 Å². The van der Waals surface area contributed by atoms with E-state index in [0.717, 1.165) is 16.9 Å². The first kappa shape index (κ1) is 18.6. The first-order valence-electron chi connectivity index (χ1n) is 9.05. The fourth-order valence-electron chi connectivity index (χ4n) is 3.07. The Morgan fingerprint density at radius 2 is 1.85 bits per heavy atom. The van der Waals surface area contributed by atoms with E-state index >= 15 is 0 Å². The minimum Gasteiger partial charge on any atom is -0.346 e. The standard InChI is InChI=1S/C21H23N3O3/c1-3-15-8-10-16(11-9-15)14(2)23-20(26)18-7-5-4-6-17(18)13-24-19(25)12-22-21(24)27/h4-11,14H,3,12-13H2,1-2H3,(H,22,27)(H,23,26)/t14-/m0/s1. The molecule has 2 aromatic rings. The molecule has 6 nitrogen and oxygen atoms in total. The molecule has 1 fully saturated rings. The van der Waals surface area contributed by atoms with Gasteiger partial charge in [0, 0.05) is 5.56 Å². The number of nitrogens with zero attached hydrogens (tertiary/aromatic N) is 1. The molecule has 1 saturated heterocycles. The lowest BCUT2D eigenvalue weighted by molar-refractivity contribution is -0.125. The molecular weight excluding hydrogens is 342 g/mol. The van der Waals surface area contributed by atoms with Crippen molar-refractivity contribution in [2.45, 2.75) is 32.9 Å². The van der Waals surface area contributed by atoms with Crippen LogP contribution in [0.15, 0.2) is 48.5 Å². The molecule has 0 unspecified atom stereocenters. The quantitative estimate of drug-likeness (QED) is 0.773. The van der Waals surface area contributed by atoms with E-state index in [1.54, 1.807) is 24.3 Å². The minimum atomic E-state index is -0.431. The van der Waals surface area contributed by atoms with Crippen LogP contribution in [0.3, 0.4) is 0 Å². The average Bonchev–Trinajstić information content (AvgIpc) is 3.00. The molecular formula is C21H23N3O3. The Bertz CT molecular complexity index is 845. The van der Waals surface area contributed by atoms with Crippen LogP contribution in [0.4, 0.5) is 4.79 Å². The van der Waals surface area contributed by atoms with Gasteiger partial charge < -0.3 is 10.6 Å². The fourth-order valence-corrected chi connectivity index (χ4v) is 3.07. The Balaban J connectivity index is 1.74. The number of hydrogen-bond donors (Lipinski definition) is 2. The molecule has 1 aliphatic heterocycles. The summed E-state index contributed by atoms with van der Waals surface area (Å²) in [6.45, 7) is 4.10. The number of imide groups is 1. The van der Waals surface area contributed by atoms with Crippen molar-refractivity contribution >= 4 is 17.8 Å². The Morgan fingerprint density at radius 1 is 1.15 bits per heavy atom. The number of carbonyl (C=O) groups excluding carboxylic acids is 3. The molecule has 6 heteroatoms. The van der Waals surface area contributed by atoms with Crippen molar-refractivity contribution in [1.29, 1.82) is 0 Å². The van der Waals surface area contributed by atoms with Gasteiger partial charge in [-0.25, -0.2) is 4.79 Å². The molecule has 0 spiro atoms. The number of rotatable bonds is 6. The van der Waals surface area contributed by atoms with Crippen LogP contribution >= 0.6 is 0 Å². The molecule has 2 N–H and O–H groups in total. The van der Waals surface area contributed by atoms with Crippen LogP contribution in [0, 0.1) is 0 Å². The smallest absolute Gasteiger partial charge is 0.324 e. The second kappa shape index (κ2) is 8.03. The van der Waals surface area contributed by atoms with Gasteiger partial charge in [0.2, 0.25) is 5.91 Å². The maximum Gasteiger partial charge on any atom is 0.324 e. The van der Waals surface area contributed by atoms with Crippen LogP contribution in [0.5, 0.6) is 0 Å². The third kappa shape index (κ3) is 4.16. The summed E-state index contributed by atoms with van der Waals surface area (Å²) < 4.78 is 0. The van der Waals surface area contributed by atoms with E-state index in [0.29, 0.717) is 11.1 Å². The lowest BCUT2D eigenvalue weighted by Crippen LogP contribution is -2.32. The number of carbonyl (C=O) groups is 3. The van der Waals surface area contributed by atoms with E-state index in [2.05, 4.69) is 29.7 Å². The molecule has 4 amide bonds. The first-order chi connectivity index (χ1) is 13.0. The predicted molar refractivity (Wildman–Crippen MR) is 102 cm³/mol. The van der Waals surface area contributed by atoms with Gasteiger partial charge in [-0.15, -0.1) is 0 Å². The molecule has 1 atom stereocenters. The molecule has 0 aromatic heterocycles. The number of benzene rings is 2. The van der Waals surface area contributed by atoms with Gasteiger partial charge in [0.05, 0.1) is 19.1 Å². The summed E-state index contributed by atoms with van der Waals surface area (Å²) in [7, 11) is 0. The summed E-state index contributed by atoms with van der Waals surface area (Å²) >= 11 is 0. The summed E-state index contributed by atoms with van der Waals surface area (Å²) in [5.41, 5.74) is 3.36. The normalized spacial score (nSPS) is 14.8. The van der Waals surface area contributed by atoms with Crippen molar-refractivity contribution in [2.24, 2.45) is 0 Å². The van der Waals surface area contributed by atoms with Crippen LogP contribution in [0.25, 0.3) is 0 Å². The summed E-state index contributed by atoms with van der Waals surface area (Å²) in [6.07, 6.45) is 0.969. The van der Waals surface area contributed by atoms with Crippen LogP contribution in [-0.2, 0) is 17.8 Å². The van der Waals surface area contributed by atoms with E-state index in [9.17, 15) is 14.4 Å². The molecule has 3 rings (SSSR count). The summed E-state index contributed by atoms with van der Waals surface area (Å²) in [5.74, 6) is -0.524. The van der Waals surface area contributed by atoms with Crippen LogP contribution < -0.4 is 10.6 Å². The first-order valence-corrected chi connectivity index (χ1v) is 9.05. The summed E-state index contributed by atoms with van der Waals surface area (Å²) in [6, 6.07) is 14.6. The molecule has 1 heterocycles. The number of amides is 4. The highest BCUT2D eigenvalue weighted by molar-refractivity contribution is 6.02. The van der Waals surface area contributed by atoms with E-state index in [1.807, 2.05) is 19.1 Å². The SMILES string of the molecule is CCc1ccc([C@H](C)NC(=O)c2ccccc2CN2C(=O)CNC2=O)cc1. The predicted octanol–water partition coefficient (Wildman–Crippen LogP) is 2.79. The molecule has 27 heavy (non-hydrogen) atoms. The number of nitrogens with one attached hydrogen (secondary N) is 2. The van der Waals surface area contributed by atoms with Gasteiger partial charge in [-0.2, -0.15) is 0 Å². The molecule has 2 aromatic carbocycles. The van der Waals surface area contributed by atoms with Gasteiger partial charge in [0.25, 0.3) is 5.91 Å². The lowest BCUT2D eigenvalue weighted by Gasteiger charge is -2.18. The molecule has 0 aliphatic carbocycles. The zero-order valence-electron chi connectivity index (χ0n) is 15.5. The highest BCUT2D eigenvalue weighted by Gasteiger charge is 2.29. The van der Waals surface area contributed by atoms with Crippen molar-refractivity contribution < 1.29 is 14.4 Å². The minimum absolute atomic E-state index is 0.00200. The van der Waals surface area contributed by atoms with Gasteiger partial charge >= 0.3 is 6.03 Å². The second-order valence-electron chi connectivity index (χ2n) is 6.59. The topological polar surface area (TPSA) is 78.5 Å². The van der Waals surface area contributed by atoms with Gasteiger partial charge in [0.15, 0.2) is 0 Å². The largest absolute Gasteiger partial charge is 0.346 e. The van der Waals surface area contributed by atoms with E-state index in [1.165, 1.54) is 5.56 Å². The van der Waals surface area contributed by atoms with Gasteiger partial charge in [-0.05, 0) is 36.1 Å². The molecule has 0 radical (unpaired) electrons. The summed E-state index contributed by atoms with van der Waals surface area (Å²) in [4.78, 5) is 37.5. The van der Waals surface area contributed by atoms with Gasteiger partial charge in [-0.3, -0.25) is 14.5 Å². The maximum absolute atomic E-state index is 12.8.